The van der Waals surface area contributed by atoms with Crippen LogP contribution < -0.4 is 4.90 Å². The number of hydrogen-bond acceptors (Lipinski definition) is 6. The van der Waals surface area contributed by atoms with E-state index in [0.717, 1.165) is 5.56 Å². The molecule has 2 aromatic heterocycles. The maximum Gasteiger partial charge on any atom is 0.416 e. The Balaban J connectivity index is 1.44. The predicted molar refractivity (Wildman–Crippen MR) is 172 cm³/mol. The lowest BCUT2D eigenvalue weighted by Crippen LogP contribution is -2.48. The maximum absolute atomic E-state index is 14.0. The number of benzene rings is 1. The minimum absolute atomic E-state index is 0.0975. The number of hydrogen-bond donors (Lipinski definition) is 1. The van der Waals surface area contributed by atoms with Crippen molar-refractivity contribution in [3.05, 3.63) is 59.7 Å². The van der Waals surface area contributed by atoms with Crippen molar-refractivity contribution in [1.29, 1.82) is 0 Å². The van der Waals surface area contributed by atoms with Crippen LogP contribution >= 0.6 is 0 Å². The molecule has 2 amide bonds. The van der Waals surface area contributed by atoms with E-state index in [-0.39, 0.29) is 54.6 Å². The van der Waals surface area contributed by atoms with Gasteiger partial charge in [0.1, 0.15) is 0 Å². The SMILES string of the molecule is CC[C@@H]1C[C@H](N(Cc2cc(C(F)(F)F)cc(C(F)(F)F)c2)c2ncc(-c3cnn(C)c3)cn2)CN1C(=O)N(CC)CC1CCC(C(=O)O)CC1. The zero-order chi connectivity index (χ0) is 36.4. The number of rotatable bonds is 10. The number of urea groups is 1. The lowest BCUT2D eigenvalue weighted by Gasteiger charge is -2.35. The third-order valence-corrected chi connectivity index (χ3v) is 9.81. The molecule has 0 bridgehead atoms. The number of aromatic nitrogens is 4. The van der Waals surface area contributed by atoms with Crippen molar-refractivity contribution >= 4 is 17.9 Å². The number of halogens is 6. The minimum Gasteiger partial charge on any atom is -0.481 e. The first-order valence-corrected chi connectivity index (χ1v) is 16.7. The summed E-state index contributed by atoms with van der Waals surface area (Å²) in [7, 11) is 1.74. The Kier molecular flexibility index (Phi) is 11.0. The number of nitrogens with zero attached hydrogens (tertiary/aromatic N) is 7. The smallest absolute Gasteiger partial charge is 0.416 e. The zero-order valence-corrected chi connectivity index (χ0v) is 28.1. The van der Waals surface area contributed by atoms with Gasteiger partial charge in [-0.05, 0) is 75.1 Å². The molecular formula is C34H41F6N7O3. The van der Waals surface area contributed by atoms with Crippen molar-refractivity contribution in [1.82, 2.24) is 29.5 Å². The molecule has 16 heteroatoms. The van der Waals surface area contributed by atoms with Crippen LogP contribution in [0.2, 0.25) is 0 Å². The number of aryl methyl sites for hydroxylation is 1. The van der Waals surface area contributed by atoms with E-state index in [4.69, 9.17) is 0 Å². The first-order valence-electron chi connectivity index (χ1n) is 16.7. The first kappa shape index (κ1) is 36.9. The first-order chi connectivity index (χ1) is 23.6. The van der Waals surface area contributed by atoms with Crippen LogP contribution in [0.15, 0.2) is 43.0 Å². The van der Waals surface area contributed by atoms with Crippen molar-refractivity contribution in [2.24, 2.45) is 18.9 Å². The number of alkyl halides is 6. The molecule has 2 atom stereocenters. The van der Waals surface area contributed by atoms with E-state index in [2.05, 4.69) is 15.1 Å². The van der Waals surface area contributed by atoms with Gasteiger partial charge >= 0.3 is 24.4 Å². The molecule has 3 aromatic rings. The van der Waals surface area contributed by atoms with Crippen molar-refractivity contribution in [3.8, 4) is 11.1 Å². The van der Waals surface area contributed by atoms with Crippen LogP contribution in [0, 0.1) is 11.8 Å². The zero-order valence-electron chi connectivity index (χ0n) is 28.1. The highest BCUT2D eigenvalue weighted by Gasteiger charge is 2.41. The quantitative estimate of drug-likeness (QED) is 0.224. The van der Waals surface area contributed by atoms with E-state index in [1.807, 2.05) is 13.8 Å². The normalized spacial score (nSPS) is 21.3. The van der Waals surface area contributed by atoms with Gasteiger partial charge in [0.15, 0.2) is 0 Å². The molecule has 1 saturated heterocycles. The van der Waals surface area contributed by atoms with Gasteiger partial charge in [0.25, 0.3) is 0 Å². The van der Waals surface area contributed by atoms with Crippen LogP contribution in [0.3, 0.4) is 0 Å². The molecule has 0 unspecified atom stereocenters. The van der Waals surface area contributed by atoms with Crippen LogP contribution in [-0.2, 0) is 30.7 Å². The fraction of sp³-hybridized carbons (Fsp3) is 0.559. The maximum atomic E-state index is 14.0. The summed E-state index contributed by atoms with van der Waals surface area (Å²) < 4.78 is 84.3. The third-order valence-electron chi connectivity index (χ3n) is 9.81. The van der Waals surface area contributed by atoms with Gasteiger partial charge in [-0.15, -0.1) is 0 Å². The molecular weight excluding hydrogens is 668 g/mol. The second kappa shape index (κ2) is 14.9. The summed E-state index contributed by atoms with van der Waals surface area (Å²) in [6.45, 7) is 4.45. The fourth-order valence-corrected chi connectivity index (χ4v) is 7.03. The van der Waals surface area contributed by atoms with Gasteiger partial charge in [-0.3, -0.25) is 9.48 Å². The van der Waals surface area contributed by atoms with E-state index in [0.29, 0.717) is 69.3 Å². The van der Waals surface area contributed by atoms with E-state index >= 15 is 0 Å². The highest BCUT2D eigenvalue weighted by atomic mass is 19.4. The van der Waals surface area contributed by atoms with Crippen molar-refractivity contribution in [2.45, 2.75) is 83.4 Å². The summed E-state index contributed by atoms with van der Waals surface area (Å²) in [5.41, 5.74) is -1.72. The summed E-state index contributed by atoms with van der Waals surface area (Å²) in [6.07, 6.45) is -0.171. The molecule has 272 valence electrons. The summed E-state index contributed by atoms with van der Waals surface area (Å²) in [5, 5.41) is 13.5. The molecule has 5 rings (SSSR count). The molecule has 1 aliphatic carbocycles. The van der Waals surface area contributed by atoms with Crippen LogP contribution in [0.25, 0.3) is 11.1 Å². The molecule has 1 N–H and O–H groups in total. The van der Waals surface area contributed by atoms with Crippen LogP contribution in [0.1, 0.15) is 69.1 Å². The number of carboxylic acid groups (broad SMARTS) is 1. The van der Waals surface area contributed by atoms with E-state index in [9.17, 15) is 41.0 Å². The van der Waals surface area contributed by atoms with Crippen molar-refractivity contribution in [2.75, 3.05) is 24.5 Å². The average molecular weight is 710 g/mol. The highest BCUT2D eigenvalue weighted by molar-refractivity contribution is 5.75. The molecule has 1 aromatic carbocycles. The van der Waals surface area contributed by atoms with E-state index in [1.54, 1.807) is 38.8 Å². The summed E-state index contributed by atoms with van der Waals surface area (Å²) >= 11 is 0. The number of aliphatic carboxylic acids is 1. The van der Waals surface area contributed by atoms with Gasteiger partial charge in [0, 0.05) is 69.0 Å². The van der Waals surface area contributed by atoms with Gasteiger partial charge in [-0.2, -0.15) is 31.4 Å². The Morgan fingerprint density at radius 2 is 1.54 bits per heavy atom. The van der Waals surface area contributed by atoms with Gasteiger partial charge in [0.05, 0.1) is 29.3 Å². The number of likely N-dealkylation sites (tertiary alicyclic amines) is 1. The fourth-order valence-electron chi connectivity index (χ4n) is 7.03. The highest BCUT2D eigenvalue weighted by Crippen LogP contribution is 2.38. The number of carboxylic acids is 1. The second-order valence-electron chi connectivity index (χ2n) is 13.2. The Bertz CT molecular complexity index is 1600. The van der Waals surface area contributed by atoms with Crippen molar-refractivity contribution in [3.63, 3.8) is 0 Å². The van der Waals surface area contributed by atoms with Crippen LogP contribution in [0.5, 0.6) is 0 Å². The van der Waals surface area contributed by atoms with Crippen molar-refractivity contribution < 1.29 is 41.0 Å². The summed E-state index contributed by atoms with van der Waals surface area (Å²) in [4.78, 5) is 39.5. The molecule has 0 radical (unpaired) electrons. The third kappa shape index (κ3) is 8.49. The molecule has 2 aliphatic rings. The summed E-state index contributed by atoms with van der Waals surface area (Å²) in [5.74, 6) is -0.933. The predicted octanol–water partition coefficient (Wildman–Crippen LogP) is 7.11. The number of carbonyl (C=O) groups excluding carboxylic acids is 1. The Labute approximate surface area is 286 Å². The lowest BCUT2D eigenvalue weighted by atomic mass is 9.82. The number of carbonyl (C=O) groups is 2. The molecule has 0 spiro atoms. The van der Waals surface area contributed by atoms with Gasteiger partial charge < -0.3 is 19.8 Å². The molecule has 10 nitrogen and oxygen atoms in total. The van der Waals surface area contributed by atoms with Gasteiger partial charge in [-0.25, -0.2) is 14.8 Å². The van der Waals surface area contributed by atoms with Gasteiger partial charge in [-0.1, -0.05) is 6.92 Å². The largest absolute Gasteiger partial charge is 0.481 e. The molecule has 2 fully saturated rings. The molecule has 50 heavy (non-hydrogen) atoms. The number of amides is 2. The average Bonchev–Trinajstić information content (AvgIpc) is 3.71. The van der Waals surface area contributed by atoms with E-state index in [1.165, 1.54) is 12.4 Å². The summed E-state index contributed by atoms with van der Waals surface area (Å²) in [6, 6.07) is 0.520. The standard InChI is InChI=1S/C34H41F6N7O3/c1-4-28-13-29(20-47(28)32(50)45(5-2)17-21-6-8-23(9-7-21)30(48)49)46(31-41-14-24(15-42-31)25-16-43-44(3)19-25)18-22-10-26(33(35,36)37)12-27(11-22)34(38,39)40/h10-12,14-16,19,21,23,28-29H,4-9,13,17-18,20H2,1-3H3,(H,48,49)/t21?,23?,28-,29+/m1/s1. The van der Waals surface area contributed by atoms with Gasteiger partial charge in [0.2, 0.25) is 5.95 Å². The Morgan fingerprint density at radius 3 is 2.04 bits per heavy atom. The molecule has 1 saturated carbocycles. The molecule has 3 heterocycles. The topological polar surface area (TPSA) is 108 Å². The monoisotopic (exact) mass is 709 g/mol. The van der Waals surface area contributed by atoms with Crippen LogP contribution in [0.4, 0.5) is 37.1 Å². The Hall–Kier alpha value is -4.37. The second-order valence-corrected chi connectivity index (χ2v) is 13.2. The van der Waals surface area contributed by atoms with Crippen LogP contribution in [-0.4, -0.2) is 78.4 Å². The molecule has 1 aliphatic heterocycles. The Morgan fingerprint density at radius 1 is 0.920 bits per heavy atom. The van der Waals surface area contributed by atoms with E-state index < -0.39 is 35.5 Å². The lowest BCUT2D eigenvalue weighted by molar-refractivity contribution is -0.144. The minimum atomic E-state index is -5.01. The number of anilines is 1.